The Balaban J connectivity index is 0.00000106. The van der Waals surface area contributed by atoms with Gasteiger partial charge in [0.2, 0.25) is 0 Å². The van der Waals surface area contributed by atoms with Gasteiger partial charge in [0.15, 0.2) is 6.10 Å². The molecule has 0 aromatic carbocycles. The van der Waals surface area contributed by atoms with E-state index in [9.17, 15) is 4.79 Å². The molecule has 0 saturated carbocycles. The van der Waals surface area contributed by atoms with Crippen LogP contribution in [0.15, 0.2) is 0 Å². The third kappa shape index (κ3) is 6.08. The minimum atomic E-state index is -0.876. The van der Waals surface area contributed by atoms with Crippen LogP contribution in [0.5, 0.6) is 0 Å². The first-order chi connectivity index (χ1) is 7.38. The lowest BCUT2D eigenvalue weighted by molar-refractivity contribution is -0.167. The van der Waals surface area contributed by atoms with Crippen molar-refractivity contribution < 1.29 is 19.4 Å². The maximum atomic E-state index is 10.6. The molecule has 4 heteroatoms. The van der Waals surface area contributed by atoms with E-state index >= 15 is 0 Å². The molecule has 0 bridgehead atoms. The lowest BCUT2D eigenvalue weighted by Crippen LogP contribution is -2.39. The first-order valence-electron chi connectivity index (χ1n) is 5.91. The number of ether oxygens (including phenoxy) is 2. The maximum Gasteiger partial charge on any atom is 0.332 e. The molecule has 0 spiro atoms. The highest BCUT2D eigenvalue weighted by molar-refractivity contribution is 5.72. The van der Waals surface area contributed by atoms with E-state index < -0.39 is 12.1 Å². The van der Waals surface area contributed by atoms with Crippen molar-refractivity contribution in [2.75, 3.05) is 6.61 Å². The van der Waals surface area contributed by atoms with E-state index in [0.29, 0.717) is 13.0 Å². The van der Waals surface area contributed by atoms with Gasteiger partial charge in [-0.1, -0.05) is 13.8 Å². The Morgan fingerprint density at radius 1 is 1.31 bits per heavy atom. The topological polar surface area (TPSA) is 55.8 Å². The predicted octanol–water partition coefficient (Wildman–Crippen LogP) is 2.46. The molecule has 0 aliphatic carbocycles. The van der Waals surface area contributed by atoms with E-state index in [-0.39, 0.29) is 11.7 Å². The molecule has 1 N–H and O–H groups in total. The van der Waals surface area contributed by atoms with Crippen molar-refractivity contribution >= 4 is 5.97 Å². The zero-order chi connectivity index (χ0) is 12.8. The summed E-state index contributed by atoms with van der Waals surface area (Å²) >= 11 is 0. The van der Waals surface area contributed by atoms with Crippen LogP contribution in [0.2, 0.25) is 0 Å². The van der Waals surface area contributed by atoms with Gasteiger partial charge in [0.25, 0.3) is 0 Å². The molecule has 1 aliphatic rings. The zero-order valence-electron chi connectivity index (χ0n) is 10.9. The normalized spacial score (nSPS) is 25.6. The summed E-state index contributed by atoms with van der Waals surface area (Å²) in [4.78, 5) is 10.6. The number of carboxylic acid groups (broad SMARTS) is 1. The summed E-state index contributed by atoms with van der Waals surface area (Å²) < 4.78 is 10.9. The van der Waals surface area contributed by atoms with Crippen molar-refractivity contribution in [1.29, 1.82) is 0 Å². The van der Waals surface area contributed by atoms with Crippen molar-refractivity contribution in [3.05, 3.63) is 0 Å². The van der Waals surface area contributed by atoms with Gasteiger partial charge in [0, 0.05) is 0 Å². The summed E-state index contributed by atoms with van der Waals surface area (Å²) in [7, 11) is 0. The second-order valence-electron chi connectivity index (χ2n) is 4.59. The van der Waals surface area contributed by atoms with E-state index in [1.165, 1.54) is 0 Å². The molecule has 0 radical (unpaired) electrons. The number of rotatable bonds is 2. The number of aliphatic carboxylic acids is 1. The smallest absolute Gasteiger partial charge is 0.332 e. The summed E-state index contributed by atoms with van der Waals surface area (Å²) in [6.45, 7) is 10.3. The first-order valence-corrected chi connectivity index (χ1v) is 5.91. The SMILES string of the molecule is CC.CC(C)(C)OC1CCC(C(=O)O)OC1. The fourth-order valence-corrected chi connectivity index (χ4v) is 1.52. The van der Waals surface area contributed by atoms with Crippen molar-refractivity contribution in [3.8, 4) is 0 Å². The van der Waals surface area contributed by atoms with Gasteiger partial charge >= 0.3 is 5.97 Å². The number of carbonyl (C=O) groups is 1. The van der Waals surface area contributed by atoms with Gasteiger partial charge in [0.1, 0.15) is 0 Å². The van der Waals surface area contributed by atoms with Crippen molar-refractivity contribution in [2.45, 2.75) is 65.3 Å². The minimum absolute atomic E-state index is 0.0330. The van der Waals surface area contributed by atoms with Crippen LogP contribution in [0.1, 0.15) is 47.5 Å². The molecule has 16 heavy (non-hydrogen) atoms. The van der Waals surface area contributed by atoms with E-state index in [0.717, 1.165) is 6.42 Å². The molecule has 0 aromatic heterocycles. The summed E-state index contributed by atoms with van der Waals surface area (Å²) in [6.07, 6.45) is 0.685. The van der Waals surface area contributed by atoms with E-state index in [1.54, 1.807) is 0 Å². The minimum Gasteiger partial charge on any atom is -0.479 e. The molecule has 2 atom stereocenters. The molecule has 1 saturated heterocycles. The van der Waals surface area contributed by atoms with Crippen LogP contribution in [-0.2, 0) is 14.3 Å². The third-order valence-electron chi connectivity index (χ3n) is 2.03. The number of hydrogen-bond acceptors (Lipinski definition) is 3. The standard InChI is InChI=1S/C10H18O4.C2H6/c1-10(2,3)14-7-4-5-8(9(11)12)13-6-7;1-2/h7-8H,4-6H2,1-3H3,(H,11,12);1-2H3. The predicted molar refractivity (Wildman–Crippen MR) is 62.6 cm³/mol. The average Bonchev–Trinajstić information content (AvgIpc) is 2.19. The van der Waals surface area contributed by atoms with Gasteiger partial charge in [-0.15, -0.1) is 0 Å². The molecule has 0 aromatic rings. The Morgan fingerprint density at radius 3 is 2.19 bits per heavy atom. The van der Waals surface area contributed by atoms with Crippen molar-refractivity contribution in [1.82, 2.24) is 0 Å². The van der Waals surface area contributed by atoms with Gasteiger partial charge in [-0.3, -0.25) is 0 Å². The van der Waals surface area contributed by atoms with Gasteiger partial charge in [-0.25, -0.2) is 4.79 Å². The molecule has 0 amide bonds. The van der Waals surface area contributed by atoms with Crippen LogP contribution in [0, 0.1) is 0 Å². The van der Waals surface area contributed by atoms with Crippen LogP contribution in [0.4, 0.5) is 0 Å². The second kappa shape index (κ2) is 6.86. The maximum absolute atomic E-state index is 10.6. The van der Waals surface area contributed by atoms with E-state index in [4.69, 9.17) is 14.6 Å². The molecular formula is C12H24O4. The van der Waals surface area contributed by atoms with Gasteiger partial charge in [-0.05, 0) is 33.6 Å². The lowest BCUT2D eigenvalue weighted by Gasteiger charge is -2.32. The Kier molecular flexibility index (Phi) is 6.60. The Hall–Kier alpha value is -0.610. The number of carboxylic acids is 1. The van der Waals surface area contributed by atoms with Gasteiger partial charge < -0.3 is 14.6 Å². The summed E-state index contributed by atoms with van der Waals surface area (Å²) in [5.74, 6) is -0.876. The monoisotopic (exact) mass is 232 g/mol. The Bertz CT molecular complexity index is 200. The third-order valence-corrected chi connectivity index (χ3v) is 2.03. The molecule has 1 aliphatic heterocycles. The van der Waals surface area contributed by atoms with Crippen LogP contribution in [-0.4, -0.2) is 35.5 Å². The molecule has 96 valence electrons. The fraction of sp³-hybridized carbons (Fsp3) is 0.917. The van der Waals surface area contributed by atoms with Crippen LogP contribution < -0.4 is 0 Å². The highest BCUT2D eigenvalue weighted by atomic mass is 16.6. The Morgan fingerprint density at radius 2 is 1.88 bits per heavy atom. The highest BCUT2D eigenvalue weighted by Gasteiger charge is 2.29. The molecule has 1 heterocycles. The quantitative estimate of drug-likeness (QED) is 0.794. The molecule has 2 unspecified atom stereocenters. The lowest BCUT2D eigenvalue weighted by atomic mass is 10.1. The molecule has 1 fully saturated rings. The molecule has 1 rings (SSSR count). The summed E-state index contributed by atoms with van der Waals surface area (Å²) in [5.41, 5.74) is -0.190. The van der Waals surface area contributed by atoms with Crippen molar-refractivity contribution in [3.63, 3.8) is 0 Å². The van der Waals surface area contributed by atoms with Gasteiger partial charge in [0.05, 0.1) is 18.3 Å². The summed E-state index contributed by atoms with van der Waals surface area (Å²) in [6, 6.07) is 0. The fourth-order valence-electron chi connectivity index (χ4n) is 1.52. The average molecular weight is 232 g/mol. The van der Waals surface area contributed by atoms with Crippen LogP contribution >= 0.6 is 0 Å². The first kappa shape index (κ1) is 15.4. The van der Waals surface area contributed by atoms with E-state index in [2.05, 4.69) is 0 Å². The second-order valence-corrected chi connectivity index (χ2v) is 4.59. The highest BCUT2D eigenvalue weighted by Crippen LogP contribution is 2.21. The largest absolute Gasteiger partial charge is 0.479 e. The van der Waals surface area contributed by atoms with Crippen molar-refractivity contribution in [2.24, 2.45) is 0 Å². The molecular weight excluding hydrogens is 208 g/mol. The van der Waals surface area contributed by atoms with E-state index in [1.807, 2.05) is 34.6 Å². The van der Waals surface area contributed by atoms with Crippen LogP contribution in [0.25, 0.3) is 0 Å². The number of hydrogen-bond donors (Lipinski definition) is 1. The van der Waals surface area contributed by atoms with Crippen LogP contribution in [0.3, 0.4) is 0 Å². The molecule has 4 nitrogen and oxygen atoms in total. The summed E-state index contributed by atoms with van der Waals surface area (Å²) in [5, 5.41) is 8.69. The van der Waals surface area contributed by atoms with Gasteiger partial charge in [-0.2, -0.15) is 0 Å². The Labute approximate surface area is 97.9 Å². The zero-order valence-corrected chi connectivity index (χ0v) is 10.9.